The van der Waals surface area contributed by atoms with E-state index in [0.29, 0.717) is 0 Å². The van der Waals surface area contributed by atoms with Gasteiger partial charge in [-0.25, -0.2) is 0 Å². The first-order valence-electron chi connectivity index (χ1n) is 4.96. The summed E-state index contributed by atoms with van der Waals surface area (Å²) < 4.78 is 9.53. The summed E-state index contributed by atoms with van der Waals surface area (Å²) in [7, 11) is 1.31. The van der Waals surface area contributed by atoms with Crippen molar-refractivity contribution in [3.05, 3.63) is 23.7 Å². The highest BCUT2D eigenvalue weighted by Gasteiger charge is 2.16. The molecule has 1 aromatic rings. The normalized spacial score (nSPS) is 11.9. The van der Waals surface area contributed by atoms with E-state index in [1.807, 2.05) is 0 Å². The van der Waals surface area contributed by atoms with Gasteiger partial charge in [0.25, 0.3) is 5.91 Å². The number of furan rings is 1. The molecule has 0 bridgehead atoms. The van der Waals surface area contributed by atoms with Crippen molar-refractivity contribution in [1.29, 1.82) is 0 Å². The Labute approximate surface area is 93.8 Å². The molecule has 0 aliphatic rings. The summed E-state index contributed by atoms with van der Waals surface area (Å²) in [4.78, 5) is 22.6. The lowest BCUT2D eigenvalue weighted by molar-refractivity contribution is -0.141. The number of amides is 1. The third-order valence-corrected chi connectivity index (χ3v) is 2.15. The van der Waals surface area contributed by atoms with E-state index in [2.05, 4.69) is 10.1 Å². The van der Waals surface area contributed by atoms with E-state index >= 15 is 0 Å². The molecule has 1 unspecified atom stereocenters. The lowest BCUT2D eigenvalue weighted by Gasteiger charge is -2.11. The van der Waals surface area contributed by atoms with Crippen LogP contribution in [0.2, 0.25) is 0 Å². The van der Waals surface area contributed by atoms with Crippen LogP contribution >= 0.6 is 0 Å². The van der Waals surface area contributed by atoms with Gasteiger partial charge in [0, 0.05) is 11.6 Å². The Morgan fingerprint density at radius 2 is 2.25 bits per heavy atom. The van der Waals surface area contributed by atoms with Gasteiger partial charge < -0.3 is 14.5 Å². The van der Waals surface area contributed by atoms with E-state index in [1.165, 1.54) is 13.4 Å². The summed E-state index contributed by atoms with van der Waals surface area (Å²) in [5.41, 5.74) is 0.766. The van der Waals surface area contributed by atoms with E-state index in [4.69, 9.17) is 4.42 Å². The molecule has 0 saturated heterocycles. The van der Waals surface area contributed by atoms with Gasteiger partial charge in [0.15, 0.2) is 5.76 Å². The van der Waals surface area contributed by atoms with Gasteiger partial charge in [-0.3, -0.25) is 9.59 Å². The van der Waals surface area contributed by atoms with Gasteiger partial charge >= 0.3 is 5.97 Å². The van der Waals surface area contributed by atoms with E-state index in [9.17, 15) is 9.59 Å². The summed E-state index contributed by atoms with van der Waals surface area (Å²) in [6, 6.07) is 1.42. The Morgan fingerprint density at radius 3 is 2.75 bits per heavy atom. The lowest BCUT2D eigenvalue weighted by atomic mass is 10.2. The van der Waals surface area contributed by atoms with Gasteiger partial charge in [-0.15, -0.1) is 0 Å². The first kappa shape index (κ1) is 12.3. The average molecular weight is 225 g/mol. The standard InChI is InChI=1S/C11H15NO4/c1-7-4-5-16-10(7)11(14)12-8(2)6-9(13)15-3/h4-5,8H,6H2,1-3H3,(H,12,14). The van der Waals surface area contributed by atoms with Gasteiger partial charge in [-0.2, -0.15) is 0 Å². The van der Waals surface area contributed by atoms with Crippen LogP contribution in [0.25, 0.3) is 0 Å². The molecular weight excluding hydrogens is 210 g/mol. The number of hydrogen-bond donors (Lipinski definition) is 1. The van der Waals surface area contributed by atoms with Crippen molar-refractivity contribution in [2.24, 2.45) is 0 Å². The third kappa shape index (κ3) is 3.12. The topological polar surface area (TPSA) is 68.5 Å². The maximum absolute atomic E-state index is 11.6. The highest BCUT2D eigenvalue weighted by molar-refractivity contribution is 5.93. The Balaban J connectivity index is 2.52. The number of aryl methyl sites for hydroxylation is 1. The molecule has 1 atom stereocenters. The fraction of sp³-hybridized carbons (Fsp3) is 0.455. The van der Waals surface area contributed by atoms with Crippen molar-refractivity contribution < 1.29 is 18.7 Å². The Hall–Kier alpha value is -1.78. The zero-order valence-electron chi connectivity index (χ0n) is 9.57. The molecule has 0 spiro atoms. The van der Waals surface area contributed by atoms with Crippen LogP contribution in [0, 0.1) is 6.92 Å². The molecule has 0 aliphatic carbocycles. The van der Waals surface area contributed by atoms with Gasteiger partial charge in [-0.05, 0) is 19.9 Å². The second-order valence-corrected chi connectivity index (χ2v) is 3.59. The molecule has 0 fully saturated rings. The van der Waals surface area contributed by atoms with Crippen molar-refractivity contribution in [3.63, 3.8) is 0 Å². The van der Waals surface area contributed by atoms with Crippen molar-refractivity contribution in [2.45, 2.75) is 26.3 Å². The Morgan fingerprint density at radius 1 is 1.56 bits per heavy atom. The predicted octanol–water partition coefficient (Wildman–Crippen LogP) is 1.27. The maximum Gasteiger partial charge on any atom is 0.307 e. The quantitative estimate of drug-likeness (QED) is 0.783. The zero-order valence-corrected chi connectivity index (χ0v) is 9.57. The molecule has 0 saturated carbocycles. The summed E-state index contributed by atoms with van der Waals surface area (Å²) in [6.45, 7) is 3.51. The zero-order chi connectivity index (χ0) is 12.1. The smallest absolute Gasteiger partial charge is 0.307 e. The van der Waals surface area contributed by atoms with E-state index in [0.717, 1.165) is 5.56 Å². The van der Waals surface area contributed by atoms with E-state index < -0.39 is 0 Å². The summed E-state index contributed by atoms with van der Waals surface area (Å²) in [5, 5.41) is 2.65. The molecule has 1 N–H and O–H groups in total. The Kier molecular flexibility index (Phi) is 4.10. The molecule has 5 heteroatoms. The molecule has 1 amide bonds. The van der Waals surface area contributed by atoms with E-state index in [1.54, 1.807) is 19.9 Å². The number of nitrogens with one attached hydrogen (secondary N) is 1. The number of ether oxygens (including phenoxy) is 1. The molecular formula is C11H15NO4. The molecule has 88 valence electrons. The second-order valence-electron chi connectivity index (χ2n) is 3.59. The molecule has 1 aromatic heterocycles. The number of carbonyl (C=O) groups is 2. The number of hydrogen-bond acceptors (Lipinski definition) is 4. The van der Waals surface area contributed by atoms with Crippen LogP contribution in [0.3, 0.4) is 0 Å². The highest BCUT2D eigenvalue weighted by Crippen LogP contribution is 2.08. The second kappa shape index (κ2) is 5.34. The summed E-state index contributed by atoms with van der Waals surface area (Å²) in [6.07, 6.45) is 1.59. The lowest BCUT2D eigenvalue weighted by Crippen LogP contribution is -2.34. The predicted molar refractivity (Wildman–Crippen MR) is 57.0 cm³/mol. The number of methoxy groups -OCH3 is 1. The van der Waals surface area contributed by atoms with E-state index in [-0.39, 0.29) is 30.1 Å². The number of rotatable bonds is 4. The largest absolute Gasteiger partial charge is 0.469 e. The minimum atomic E-state index is -0.357. The molecule has 0 aliphatic heterocycles. The van der Waals surface area contributed by atoms with Gasteiger partial charge in [-0.1, -0.05) is 0 Å². The third-order valence-electron chi connectivity index (χ3n) is 2.15. The fourth-order valence-corrected chi connectivity index (χ4v) is 1.28. The molecule has 16 heavy (non-hydrogen) atoms. The van der Waals surface area contributed by atoms with Crippen molar-refractivity contribution in [1.82, 2.24) is 5.32 Å². The first-order chi connectivity index (χ1) is 7.54. The monoisotopic (exact) mass is 225 g/mol. The number of carbonyl (C=O) groups excluding carboxylic acids is 2. The molecule has 5 nitrogen and oxygen atoms in total. The van der Waals surface area contributed by atoms with Crippen molar-refractivity contribution in [3.8, 4) is 0 Å². The SMILES string of the molecule is COC(=O)CC(C)NC(=O)c1occc1C. The van der Waals surface area contributed by atoms with Gasteiger partial charge in [0.2, 0.25) is 0 Å². The summed E-state index contributed by atoms with van der Waals surface area (Å²) >= 11 is 0. The Bertz CT molecular complexity index is 383. The van der Waals surface area contributed by atoms with Crippen LogP contribution in [0.4, 0.5) is 0 Å². The van der Waals surface area contributed by atoms with Crippen LogP contribution in [0.5, 0.6) is 0 Å². The summed E-state index contributed by atoms with van der Waals surface area (Å²) in [5.74, 6) is -0.403. The van der Waals surface area contributed by atoms with Gasteiger partial charge in [0.05, 0.1) is 19.8 Å². The first-order valence-corrected chi connectivity index (χ1v) is 4.96. The van der Waals surface area contributed by atoms with Crippen molar-refractivity contribution >= 4 is 11.9 Å². The van der Waals surface area contributed by atoms with Crippen molar-refractivity contribution in [2.75, 3.05) is 7.11 Å². The maximum atomic E-state index is 11.6. The molecule has 1 rings (SSSR count). The highest BCUT2D eigenvalue weighted by atomic mass is 16.5. The van der Waals surface area contributed by atoms with Crippen LogP contribution in [0.15, 0.2) is 16.7 Å². The average Bonchev–Trinajstić information content (AvgIpc) is 2.63. The molecule has 0 radical (unpaired) electrons. The van der Waals surface area contributed by atoms with Crippen LogP contribution in [0.1, 0.15) is 29.5 Å². The molecule has 1 heterocycles. The minimum Gasteiger partial charge on any atom is -0.469 e. The van der Waals surface area contributed by atoms with Crippen LogP contribution < -0.4 is 5.32 Å². The van der Waals surface area contributed by atoms with Gasteiger partial charge in [0.1, 0.15) is 0 Å². The van der Waals surface area contributed by atoms with Crippen LogP contribution in [-0.2, 0) is 9.53 Å². The van der Waals surface area contributed by atoms with Crippen LogP contribution in [-0.4, -0.2) is 25.0 Å². The number of esters is 1. The molecule has 0 aromatic carbocycles. The fourth-order valence-electron chi connectivity index (χ4n) is 1.28. The minimum absolute atomic E-state index is 0.141.